The van der Waals surface area contributed by atoms with Gasteiger partial charge in [0.05, 0.1) is 18.8 Å². The highest BCUT2D eigenvalue weighted by molar-refractivity contribution is 6.31. The molecular weight excluding hydrogens is 501 g/mol. The van der Waals surface area contributed by atoms with Gasteiger partial charge in [-0.05, 0) is 59.6 Å². The largest absolute Gasteiger partial charge is 0.394 e. The number of carbonyl (C=O) groups is 2. The molecule has 36 heavy (non-hydrogen) atoms. The molecule has 4 N–H and O–H groups in total. The molecule has 3 amide bonds. The van der Waals surface area contributed by atoms with Crippen LogP contribution in [0.15, 0.2) is 42.5 Å². The predicted octanol–water partition coefficient (Wildman–Crippen LogP) is 4.75. The van der Waals surface area contributed by atoms with Gasteiger partial charge in [-0.3, -0.25) is 4.79 Å². The van der Waals surface area contributed by atoms with Crippen molar-refractivity contribution in [3.63, 3.8) is 0 Å². The van der Waals surface area contributed by atoms with E-state index < -0.39 is 17.6 Å². The molecule has 194 valence electrons. The summed E-state index contributed by atoms with van der Waals surface area (Å²) in [5.41, 5.74) is 1.10. The molecule has 3 unspecified atom stereocenters. The van der Waals surface area contributed by atoms with Gasteiger partial charge in [0.15, 0.2) is 0 Å². The van der Waals surface area contributed by atoms with Crippen molar-refractivity contribution in [1.82, 2.24) is 10.2 Å². The van der Waals surface area contributed by atoms with Crippen LogP contribution in [0.5, 0.6) is 0 Å². The zero-order chi connectivity index (χ0) is 26.3. The highest BCUT2D eigenvalue weighted by Crippen LogP contribution is 2.59. The molecule has 4 rings (SSSR count). The Bertz CT molecular complexity index is 1150. The van der Waals surface area contributed by atoms with Crippen LogP contribution in [0.2, 0.25) is 10.0 Å². The molecule has 0 saturated carbocycles. The molecule has 2 aromatic rings. The maximum atomic E-state index is 14.0. The molecular formula is C27H33Cl2N3O4. The number of nitrogens with zero attached hydrogens (tertiary/aromatic N) is 1. The van der Waals surface area contributed by atoms with Crippen molar-refractivity contribution in [2.24, 2.45) is 11.3 Å². The minimum Gasteiger partial charge on any atom is -0.394 e. The summed E-state index contributed by atoms with van der Waals surface area (Å²) < 4.78 is 0. The van der Waals surface area contributed by atoms with E-state index in [9.17, 15) is 14.7 Å². The average molecular weight is 534 g/mol. The Morgan fingerprint density at radius 3 is 2.61 bits per heavy atom. The van der Waals surface area contributed by atoms with Crippen LogP contribution in [0, 0.1) is 11.3 Å². The first-order chi connectivity index (χ1) is 17.0. The van der Waals surface area contributed by atoms with Gasteiger partial charge in [0.2, 0.25) is 5.91 Å². The van der Waals surface area contributed by atoms with Gasteiger partial charge in [0.1, 0.15) is 5.41 Å². The van der Waals surface area contributed by atoms with Crippen molar-refractivity contribution in [2.75, 3.05) is 25.0 Å². The third kappa shape index (κ3) is 4.94. The number of amides is 3. The second-order valence-electron chi connectivity index (χ2n) is 10.9. The number of rotatable bonds is 6. The van der Waals surface area contributed by atoms with Crippen molar-refractivity contribution in [1.29, 1.82) is 0 Å². The van der Waals surface area contributed by atoms with Gasteiger partial charge in [0.25, 0.3) is 0 Å². The van der Waals surface area contributed by atoms with Crippen LogP contribution in [0.4, 0.5) is 10.5 Å². The van der Waals surface area contributed by atoms with E-state index >= 15 is 0 Å². The van der Waals surface area contributed by atoms with E-state index in [1.165, 1.54) is 0 Å². The first-order valence-corrected chi connectivity index (χ1v) is 12.9. The summed E-state index contributed by atoms with van der Waals surface area (Å²) in [5, 5.41) is 25.8. The van der Waals surface area contributed by atoms with Crippen LogP contribution in [0.3, 0.4) is 0 Å². The number of fused-ring (bicyclic) bond motifs is 2. The van der Waals surface area contributed by atoms with Crippen molar-refractivity contribution in [2.45, 2.75) is 51.2 Å². The third-order valence-electron chi connectivity index (χ3n) is 7.10. The highest BCUT2D eigenvalue weighted by Gasteiger charge is 2.64. The fourth-order valence-electron chi connectivity index (χ4n) is 5.78. The van der Waals surface area contributed by atoms with E-state index in [0.717, 1.165) is 11.1 Å². The molecule has 1 saturated heterocycles. The number of hydrogen-bond acceptors (Lipinski definition) is 4. The Kier molecular flexibility index (Phi) is 7.58. The molecule has 1 fully saturated rings. The highest BCUT2D eigenvalue weighted by atomic mass is 35.5. The Balaban J connectivity index is 1.86. The smallest absolute Gasteiger partial charge is 0.317 e. The number of likely N-dealkylation sites (tertiary alicyclic amines) is 1. The van der Waals surface area contributed by atoms with Gasteiger partial charge >= 0.3 is 6.03 Å². The minimum atomic E-state index is -1.04. The van der Waals surface area contributed by atoms with Gasteiger partial charge in [0, 0.05) is 28.8 Å². The molecule has 1 spiro atoms. The molecule has 2 aliphatic rings. The van der Waals surface area contributed by atoms with E-state index in [0.29, 0.717) is 28.7 Å². The standard InChI is InChI=1S/C27H33Cl2N3O4/c1-26(2,3)13-17-14-32(25(36)30-10-9-20(34)15-33)23(16-5-4-6-18(28)11-16)27(17)21-8-7-19(29)12-22(21)31-24(27)35/h4-8,11-12,17,20,23,33-34H,9-10,13-15H2,1-3H3,(H,30,36)(H,31,35)/t17?,20-,23?,27?/m0/s1. The summed E-state index contributed by atoms with van der Waals surface area (Å²) in [6.07, 6.45) is 0.00729. The van der Waals surface area contributed by atoms with Crippen LogP contribution < -0.4 is 10.6 Å². The summed E-state index contributed by atoms with van der Waals surface area (Å²) in [4.78, 5) is 29.3. The van der Waals surface area contributed by atoms with Crippen LogP contribution in [-0.4, -0.2) is 52.9 Å². The summed E-state index contributed by atoms with van der Waals surface area (Å²) in [6, 6.07) is 11.8. The number of aliphatic hydroxyl groups is 2. The Morgan fingerprint density at radius 2 is 1.94 bits per heavy atom. The number of urea groups is 1. The number of hydrogen-bond donors (Lipinski definition) is 4. The lowest BCUT2D eigenvalue weighted by molar-refractivity contribution is -0.123. The van der Waals surface area contributed by atoms with Crippen LogP contribution in [0.25, 0.3) is 0 Å². The van der Waals surface area contributed by atoms with E-state index in [-0.39, 0.29) is 42.8 Å². The molecule has 4 atom stereocenters. The number of aliphatic hydroxyl groups excluding tert-OH is 2. The second kappa shape index (κ2) is 10.2. The minimum absolute atomic E-state index is 0.107. The zero-order valence-electron chi connectivity index (χ0n) is 20.7. The third-order valence-corrected chi connectivity index (χ3v) is 7.57. The average Bonchev–Trinajstić information content (AvgIpc) is 3.27. The van der Waals surface area contributed by atoms with Gasteiger partial charge in [-0.25, -0.2) is 4.79 Å². The molecule has 9 heteroatoms. The Morgan fingerprint density at radius 1 is 1.22 bits per heavy atom. The van der Waals surface area contributed by atoms with E-state index in [2.05, 4.69) is 31.4 Å². The Hall–Kier alpha value is -2.32. The topological polar surface area (TPSA) is 102 Å². The lowest BCUT2D eigenvalue weighted by Gasteiger charge is -2.38. The molecule has 0 aromatic heterocycles. The summed E-state index contributed by atoms with van der Waals surface area (Å²) >= 11 is 12.7. The molecule has 2 heterocycles. The molecule has 7 nitrogen and oxygen atoms in total. The SMILES string of the molecule is CC(C)(C)CC1CN(C(=O)NCC[C@H](O)CO)C(c2cccc(Cl)c2)C12C(=O)Nc1cc(Cl)ccc12. The lowest BCUT2D eigenvalue weighted by atomic mass is 9.63. The summed E-state index contributed by atoms with van der Waals surface area (Å²) in [6.45, 7) is 6.56. The van der Waals surface area contributed by atoms with Crippen molar-refractivity contribution < 1.29 is 19.8 Å². The number of carbonyl (C=O) groups excluding carboxylic acids is 2. The molecule has 2 aromatic carbocycles. The summed E-state index contributed by atoms with van der Waals surface area (Å²) in [7, 11) is 0. The van der Waals surface area contributed by atoms with Crippen molar-refractivity contribution in [3.05, 3.63) is 63.6 Å². The lowest BCUT2D eigenvalue weighted by Crippen LogP contribution is -2.47. The zero-order valence-corrected chi connectivity index (χ0v) is 22.2. The quantitative estimate of drug-likeness (QED) is 0.430. The number of benzene rings is 2. The van der Waals surface area contributed by atoms with Crippen molar-refractivity contribution >= 4 is 40.8 Å². The van der Waals surface area contributed by atoms with Crippen LogP contribution >= 0.6 is 23.2 Å². The fourth-order valence-corrected chi connectivity index (χ4v) is 6.16. The molecule has 0 aliphatic carbocycles. The maximum absolute atomic E-state index is 14.0. The predicted molar refractivity (Wildman–Crippen MR) is 141 cm³/mol. The van der Waals surface area contributed by atoms with E-state index in [1.54, 1.807) is 23.1 Å². The number of halogens is 2. The Labute approximate surface area is 221 Å². The molecule has 0 bridgehead atoms. The van der Waals surface area contributed by atoms with Crippen LogP contribution in [0.1, 0.15) is 50.8 Å². The second-order valence-corrected chi connectivity index (χ2v) is 11.8. The monoisotopic (exact) mass is 533 g/mol. The van der Waals surface area contributed by atoms with Crippen molar-refractivity contribution in [3.8, 4) is 0 Å². The molecule has 0 radical (unpaired) electrons. The first kappa shape index (κ1) is 26.7. The molecule has 2 aliphatic heterocycles. The number of anilines is 1. The van der Waals surface area contributed by atoms with Crippen LogP contribution in [-0.2, 0) is 10.2 Å². The normalized spacial score (nSPS) is 24.1. The first-order valence-electron chi connectivity index (χ1n) is 12.2. The van der Waals surface area contributed by atoms with Gasteiger partial charge in [-0.2, -0.15) is 0 Å². The van der Waals surface area contributed by atoms with Gasteiger partial charge in [-0.1, -0.05) is 62.2 Å². The van der Waals surface area contributed by atoms with Gasteiger partial charge in [-0.15, -0.1) is 0 Å². The summed E-state index contributed by atoms with van der Waals surface area (Å²) in [5.74, 6) is -0.345. The van der Waals surface area contributed by atoms with E-state index in [1.807, 2.05) is 24.3 Å². The maximum Gasteiger partial charge on any atom is 0.317 e. The van der Waals surface area contributed by atoms with Gasteiger partial charge < -0.3 is 25.7 Å². The fraction of sp³-hybridized carbons (Fsp3) is 0.481. The van der Waals surface area contributed by atoms with E-state index in [4.69, 9.17) is 28.3 Å². The number of nitrogens with one attached hydrogen (secondary N) is 2.